The predicted molar refractivity (Wildman–Crippen MR) is 127 cm³/mol. The molecule has 2 aromatic heterocycles. The van der Waals surface area contributed by atoms with Crippen molar-refractivity contribution in [2.45, 2.75) is 12.8 Å². The maximum atomic E-state index is 5.45. The molecule has 164 valence electrons. The van der Waals surface area contributed by atoms with Crippen molar-refractivity contribution in [2.75, 3.05) is 71.0 Å². The van der Waals surface area contributed by atoms with Gasteiger partial charge < -0.3 is 19.5 Å². The van der Waals surface area contributed by atoms with Crippen molar-refractivity contribution >= 4 is 16.6 Å². The third-order valence-electron chi connectivity index (χ3n) is 6.64. The van der Waals surface area contributed by atoms with E-state index >= 15 is 0 Å². The Bertz CT molecular complexity index is 985. The summed E-state index contributed by atoms with van der Waals surface area (Å²) in [6, 6.07) is 13.3. The second-order valence-electron chi connectivity index (χ2n) is 8.81. The predicted octanol–water partition coefficient (Wildman–Crippen LogP) is 3.25. The zero-order valence-corrected chi connectivity index (χ0v) is 18.5. The van der Waals surface area contributed by atoms with Crippen LogP contribution in [0.3, 0.4) is 0 Å². The number of aromatic nitrogens is 2. The lowest BCUT2D eigenvalue weighted by atomic mass is 10.1. The molecule has 6 heteroatoms. The van der Waals surface area contributed by atoms with Gasteiger partial charge in [0.1, 0.15) is 0 Å². The number of morpholine rings is 1. The SMILES string of the molecule is CN1CCN(c2ccc(-c3nccc4[nH]c(CCCN5CCOCC5)cc34)cc2)CC1. The first-order valence-electron chi connectivity index (χ1n) is 11.6. The fourth-order valence-electron chi connectivity index (χ4n) is 4.69. The van der Waals surface area contributed by atoms with Crippen LogP contribution in [0.1, 0.15) is 12.1 Å². The summed E-state index contributed by atoms with van der Waals surface area (Å²) in [5.74, 6) is 0. The highest BCUT2D eigenvalue weighted by Gasteiger charge is 2.15. The molecule has 2 fully saturated rings. The van der Waals surface area contributed by atoms with Crippen LogP contribution in [0.5, 0.6) is 0 Å². The Morgan fingerprint density at radius 3 is 2.52 bits per heavy atom. The third-order valence-corrected chi connectivity index (χ3v) is 6.64. The average molecular weight is 420 g/mol. The molecule has 31 heavy (non-hydrogen) atoms. The molecule has 4 heterocycles. The van der Waals surface area contributed by atoms with Gasteiger partial charge in [-0.2, -0.15) is 0 Å². The van der Waals surface area contributed by atoms with Crippen molar-refractivity contribution in [3.8, 4) is 11.3 Å². The zero-order valence-electron chi connectivity index (χ0n) is 18.5. The quantitative estimate of drug-likeness (QED) is 0.665. The van der Waals surface area contributed by atoms with Gasteiger partial charge in [-0.15, -0.1) is 0 Å². The van der Waals surface area contributed by atoms with E-state index in [-0.39, 0.29) is 0 Å². The van der Waals surface area contributed by atoms with Crippen LogP contribution in [0.2, 0.25) is 0 Å². The molecule has 2 aliphatic heterocycles. The Morgan fingerprint density at radius 2 is 1.74 bits per heavy atom. The summed E-state index contributed by atoms with van der Waals surface area (Å²) in [7, 11) is 2.19. The minimum Gasteiger partial charge on any atom is -0.379 e. The number of piperazine rings is 1. The molecule has 0 amide bonds. The number of H-pyrrole nitrogens is 1. The summed E-state index contributed by atoms with van der Waals surface area (Å²) in [6.07, 6.45) is 4.14. The molecule has 6 nitrogen and oxygen atoms in total. The topological polar surface area (TPSA) is 47.6 Å². The number of fused-ring (bicyclic) bond motifs is 1. The van der Waals surface area contributed by atoms with Gasteiger partial charge in [-0.1, -0.05) is 12.1 Å². The number of benzene rings is 1. The number of nitrogens with zero attached hydrogens (tertiary/aromatic N) is 4. The molecule has 0 saturated carbocycles. The molecule has 0 radical (unpaired) electrons. The van der Waals surface area contributed by atoms with Gasteiger partial charge in [0, 0.05) is 73.3 Å². The van der Waals surface area contributed by atoms with Crippen LogP contribution < -0.4 is 4.90 Å². The van der Waals surface area contributed by atoms with Gasteiger partial charge in [0.25, 0.3) is 0 Å². The molecule has 5 rings (SSSR count). The summed E-state index contributed by atoms with van der Waals surface area (Å²) in [4.78, 5) is 15.7. The molecule has 0 spiro atoms. The van der Waals surface area contributed by atoms with E-state index in [0.29, 0.717) is 0 Å². The van der Waals surface area contributed by atoms with E-state index < -0.39 is 0 Å². The molecule has 2 aliphatic rings. The van der Waals surface area contributed by atoms with Crippen LogP contribution in [-0.4, -0.2) is 85.8 Å². The first-order chi connectivity index (χ1) is 15.3. The van der Waals surface area contributed by atoms with Gasteiger partial charge in [-0.25, -0.2) is 0 Å². The number of ether oxygens (including phenoxy) is 1. The van der Waals surface area contributed by atoms with Crippen molar-refractivity contribution in [1.82, 2.24) is 19.8 Å². The number of aromatic amines is 1. The summed E-state index contributed by atoms with van der Waals surface area (Å²) >= 11 is 0. The van der Waals surface area contributed by atoms with Crippen LogP contribution in [0.15, 0.2) is 42.6 Å². The molecular formula is C25H33N5O. The van der Waals surface area contributed by atoms with Crippen LogP contribution in [0.25, 0.3) is 22.2 Å². The van der Waals surface area contributed by atoms with Gasteiger partial charge in [-0.3, -0.25) is 9.88 Å². The molecule has 0 atom stereocenters. The minimum atomic E-state index is 0.870. The number of hydrogen-bond acceptors (Lipinski definition) is 5. The maximum Gasteiger partial charge on any atom is 0.0795 e. The number of aryl methyl sites for hydroxylation is 1. The van der Waals surface area contributed by atoms with E-state index in [4.69, 9.17) is 9.72 Å². The second-order valence-corrected chi connectivity index (χ2v) is 8.81. The van der Waals surface area contributed by atoms with Crippen LogP contribution in [0, 0.1) is 0 Å². The van der Waals surface area contributed by atoms with Gasteiger partial charge in [0.05, 0.1) is 18.9 Å². The number of likely N-dealkylation sites (N-methyl/N-ethyl adjacent to an activating group) is 1. The Balaban J connectivity index is 1.28. The van der Waals surface area contributed by atoms with Gasteiger partial charge in [0.2, 0.25) is 0 Å². The Hall–Kier alpha value is -2.41. The largest absolute Gasteiger partial charge is 0.379 e. The van der Waals surface area contributed by atoms with E-state index in [1.165, 1.54) is 27.8 Å². The van der Waals surface area contributed by atoms with Crippen molar-refractivity contribution in [1.29, 1.82) is 0 Å². The van der Waals surface area contributed by atoms with Crippen molar-refractivity contribution in [3.05, 3.63) is 48.3 Å². The Morgan fingerprint density at radius 1 is 0.968 bits per heavy atom. The maximum absolute atomic E-state index is 5.45. The van der Waals surface area contributed by atoms with E-state index in [1.807, 2.05) is 6.20 Å². The van der Waals surface area contributed by atoms with Crippen molar-refractivity contribution < 1.29 is 4.74 Å². The summed E-state index contributed by atoms with van der Waals surface area (Å²) in [5.41, 5.74) is 6.03. The molecule has 0 unspecified atom stereocenters. The molecule has 1 aromatic carbocycles. The highest BCUT2D eigenvalue weighted by atomic mass is 16.5. The molecule has 0 bridgehead atoms. The first-order valence-corrected chi connectivity index (χ1v) is 11.6. The molecule has 3 aromatic rings. The second kappa shape index (κ2) is 9.39. The zero-order chi connectivity index (χ0) is 21.0. The van der Waals surface area contributed by atoms with E-state index in [9.17, 15) is 0 Å². The first kappa shape index (κ1) is 20.5. The lowest BCUT2D eigenvalue weighted by molar-refractivity contribution is 0.0374. The molecule has 2 saturated heterocycles. The fourth-order valence-corrected chi connectivity index (χ4v) is 4.69. The lowest BCUT2D eigenvalue weighted by Crippen LogP contribution is -2.44. The van der Waals surface area contributed by atoms with E-state index in [0.717, 1.165) is 77.6 Å². The minimum absolute atomic E-state index is 0.870. The monoisotopic (exact) mass is 419 g/mol. The number of pyridine rings is 1. The van der Waals surface area contributed by atoms with Crippen molar-refractivity contribution in [2.24, 2.45) is 0 Å². The summed E-state index contributed by atoms with van der Waals surface area (Å²) in [5, 5.41) is 1.22. The van der Waals surface area contributed by atoms with Crippen LogP contribution in [0.4, 0.5) is 5.69 Å². The molecule has 0 aliphatic carbocycles. The van der Waals surface area contributed by atoms with Gasteiger partial charge >= 0.3 is 0 Å². The van der Waals surface area contributed by atoms with Crippen molar-refractivity contribution in [3.63, 3.8) is 0 Å². The van der Waals surface area contributed by atoms with Crippen LogP contribution in [-0.2, 0) is 11.2 Å². The summed E-state index contributed by atoms with van der Waals surface area (Å²) in [6.45, 7) is 9.43. The third kappa shape index (κ3) is 4.76. The highest BCUT2D eigenvalue weighted by Crippen LogP contribution is 2.29. The number of nitrogens with one attached hydrogen (secondary N) is 1. The lowest BCUT2D eigenvalue weighted by Gasteiger charge is -2.34. The van der Waals surface area contributed by atoms with E-state index in [2.05, 4.69) is 63.1 Å². The van der Waals surface area contributed by atoms with Gasteiger partial charge in [-0.05, 0) is 50.7 Å². The summed E-state index contributed by atoms with van der Waals surface area (Å²) < 4.78 is 5.45. The molecular weight excluding hydrogens is 386 g/mol. The van der Waals surface area contributed by atoms with E-state index in [1.54, 1.807) is 0 Å². The van der Waals surface area contributed by atoms with Crippen LogP contribution >= 0.6 is 0 Å². The Kier molecular flexibility index (Phi) is 6.20. The molecule has 1 N–H and O–H groups in total. The standard InChI is InChI=1S/C25H33N5O/c1-28-11-13-30(14-12-28)22-6-4-20(5-7-22)25-23-19-21(27-24(23)8-9-26-25)3-2-10-29-15-17-31-18-16-29/h4-9,19,27H,2-3,10-18H2,1H3. The smallest absolute Gasteiger partial charge is 0.0795 e. The Labute approximate surface area is 184 Å². The number of anilines is 1. The number of hydrogen-bond donors (Lipinski definition) is 1. The van der Waals surface area contributed by atoms with Gasteiger partial charge in [0.15, 0.2) is 0 Å². The fraction of sp³-hybridized carbons (Fsp3) is 0.480. The highest BCUT2D eigenvalue weighted by molar-refractivity contribution is 5.93. The number of rotatable bonds is 6. The average Bonchev–Trinajstić information content (AvgIpc) is 3.23. The normalized spacial score (nSPS) is 18.7.